The second-order valence-corrected chi connectivity index (χ2v) is 6.46. The van der Waals surface area contributed by atoms with Crippen LogP contribution in [-0.2, 0) is 0 Å². The van der Waals surface area contributed by atoms with Gasteiger partial charge in [-0.05, 0) is 43.3 Å². The van der Waals surface area contributed by atoms with Crippen LogP contribution in [0.15, 0.2) is 53.0 Å². The average Bonchev–Trinajstić information content (AvgIpc) is 2.63. The summed E-state index contributed by atoms with van der Waals surface area (Å²) in [5, 5.41) is 17.6. The predicted molar refractivity (Wildman–Crippen MR) is 107 cm³/mol. The maximum Gasteiger partial charge on any atom is 0.332 e. The SMILES string of the molecule is COc1ccccc1Nc1nc(Nc2ccc(Br)cc2)nc(C)c1[N+](=O)[O-]. The number of hydrogen-bond acceptors (Lipinski definition) is 7. The van der Waals surface area contributed by atoms with Gasteiger partial charge in [0.05, 0.1) is 17.7 Å². The fraction of sp³-hybridized carbons (Fsp3) is 0.111. The molecule has 2 N–H and O–H groups in total. The van der Waals surface area contributed by atoms with E-state index in [2.05, 4.69) is 36.5 Å². The number of nitro groups is 1. The average molecular weight is 430 g/mol. The summed E-state index contributed by atoms with van der Waals surface area (Å²) in [4.78, 5) is 19.5. The largest absolute Gasteiger partial charge is 0.495 e. The van der Waals surface area contributed by atoms with Crippen molar-refractivity contribution in [3.8, 4) is 5.75 Å². The van der Waals surface area contributed by atoms with Crippen LogP contribution in [0.4, 0.5) is 28.8 Å². The Morgan fingerprint density at radius 1 is 1.07 bits per heavy atom. The smallest absolute Gasteiger partial charge is 0.332 e. The Bertz CT molecular complexity index is 979. The monoisotopic (exact) mass is 429 g/mol. The number of halogens is 1. The Kier molecular flexibility index (Phi) is 5.51. The molecule has 0 saturated carbocycles. The van der Waals surface area contributed by atoms with E-state index in [1.165, 1.54) is 7.11 Å². The highest BCUT2D eigenvalue weighted by Crippen LogP contribution is 2.33. The molecule has 0 atom stereocenters. The number of benzene rings is 2. The van der Waals surface area contributed by atoms with Crippen LogP contribution in [-0.4, -0.2) is 22.0 Å². The summed E-state index contributed by atoms with van der Waals surface area (Å²) in [6.45, 7) is 1.57. The van der Waals surface area contributed by atoms with E-state index in [9.17, 15) is 10.1 Å². The highest BCUT2D eigenvalue weighted by molar-refractivity contribution is 9.10. The van der Waals surface area contributed by atoms with Gasteiger partial charge >= 0.3 is 5.69 Å². The lowest BCUT2D eigenvalue weighted by molar-refractivity contribution is -0.385. The molecule has 3 rings (SSSR count). The minimum Gasteiger partial charge on any atom is -0.495 e. The number of anilines is 4. The third-order valence-corrected chi connectivity index (χ3v) is 4.23. The number of nitrogens with zero attached hydrogens (tertiary/aromatic N) is 3. The van der Waals surface area contributed by atoms with Gasteiger partial charge in [-0.1, -0.05) is 28.1 Å². The van der Waals surface area contributed by atoms with Gasteiger partial charge < -0.3 is 15.4 Å². The summed E-state index contributed by atoms with van der Waals surface area (Å²) < 4.78 is 6.23. The predicted octanol–water partition coefficient (Wildman–Crippen LogP) is 4.95. The molecule has 2 aromatic carbocycles. The van der Waals surface area contributed by atoms with E-state index in [0.29, 0.717) is 11.4 Å². The molecular weight excluding hydrogens is 414 g/mol. The number of aromatic nitrogens is 2. The molecule has 138 valence electrons. The summed E-state index contributed by atoms with van der Waals surface area (Å²) >= 11 is 3.37. The van der Waals surface area contributed by atoms with Gasteiger partial charge in [0.25, 0.3) is 0 Å². The molecule has 0 radical (unpaired) electrons. The second kappa shape index (κ2) is 8.00. The van der Waals surface area contributed by atoms with E-state index in [0.717, 1.165) is 10.2 Å². The third-order valence-electron chi connectivity index (χ3n) is 3.70. The first-order valence-electron chi connectivity index (χ1n) is 7.93. The third kappa shape index (κ3) is 4.32. The molecule has 0 aliphatic rings. The molecule has 0 saturated heterocycles. The lowest BCUT2D eigenvalue weighted by Gasteiger charge is -2.13. The zero-order valence-electron chi connectivity index (χ0n) is 14.6. The molecule has 0 unspecified atom stereocenters. The topological polar surface area (TPSA) is 102 Å². The molecular formula is C18H16BrN5O3. The van der Waals surface area contributed by atoms with Crippen LogP contribution in [0.25, 0.3) is 0 Å². The van der Waals surface area contributed by atoms with Gasteiger partial charge in [0, 0.05) is 10.2 Å². The summed E-state index contributed by atoms with van der Waals surface area (Å²) in [7, 11) is 1.53. The Balaban J connectivity index is 2.01. The van der Waals surface area contributed by atoms with E-state index in [1.807, 2.05) is 30.3 Å². The first kappa shape index (κ1) is 18.6. The van der Waals surface area contributed by atoms with Crippen LogP contribution < -0.4 is 15.4 Å². The van der Waals surface area contributed by atoms with Gasteiger partial charge in [0.15, 0.2) is 0 Å². The lowest BCUT2D eigenvalue weighted by atomic mass is 10.2. The number of aryl methyl sites for hydroxylation is 1. The molecule has 0 aliphatic heterocycles. The van der Waals surface area contributed by atoms with Crippen LogP contribution in [0.2, 0.25) is 0 Å². The van der Waals surface area contributed by atoms with Crippen molar-refractivity contribution in [3.63, 3.8) is 0 Å². The van der Waals surface area contributed by atoms with Crippen molar-refractivity contribution in [2.45, 2.75) is 6.92 Å². The van der Waals surface area contributed by atoms with E-state index in [4.69, 9.17) is 4.74 Å². The number of hydrogen-bond donors (Lipinski definition) is 2. The fourth-order valence-electron chi connectivity index (χ4n) is 2.47. The van der Waals surface area contributed by atoms with Crippen LogP contribution >= 0.6 is 15.9 Å². The molecule has 3 aromatic rings. The number of nitrogens with one attached hydrogen (secondary N) is 2. The van der Waals surface area contributed by atoms with E-state index in [1.54, 1.807) is 25.1 Å². The van der Waals surface area contributed by atoms with Crippen molar-refractivity contribution < 1.29 is 9.66 Å². The minimum atomic E-state index is -0.503. The Morgan fingerprint density at radius 3 is 2.44 bits per heavy atom. The maximum atomic E-state index is 11.5. The zero-order chi connectivity index (χ0) is 19.4. The fourth-order valence-corrected chi connectivity index (χ4v) is 2.73. The Labute approximate surface area is 163 Å². The molecule has 27 heavy (non-hydrogen) atoms. The number of rotatable bonds is 6. The lowest BCUT2D eigenvalue weighted by Crippen LogP contribution is -2.07. The summed E-state index contributed by atoms with van der Waals surface area (Å²) in [5.41, 5.74) is 1.37. The van der Waals surface area contributed by atoms with Crippen molar-refractivity contribution in [1.82, 2.24) is 9.97 Å². The molecule has 9 heteroatoms. The molecule has 0 spiro atoms. The van der Waals surface area contributed by atoms with Crippen molar-refractivity contribution in [2.24, 2.45) is 0 Å². The van der Waals surface area contributed by atoms with Crippen LogP contribution in [0.3, 0.4) is 0 Å². The van der Waals surface area contributed by atoms with Gasteiger partial charge in [-0.2, -0.15) is 4.98 Å². The molecule has 0 amide bonds. The van der Waals surface area contributed by atoms with Crippen molar-refractivity contribution in [1.29, 1.82) is 0 Å². The van der Waals surface area contributed by atoms with Gasteiger partial charge in [-0.3, -0.25) is 10.1 Å². The van der Waals surface area contributed by atoms with Crippen molar-refractivity contribution in [3.05, 3.63) is 68.8 Å². The van der Waals surface area contributed by atoms with E-state index < -0.39 is 4.92 Å². The van der Waals surface area contributed by atoms with Crippen LogP contribution in [0.5, 0.6) is 5.75 Å². The number of methoxy groups -OCH3 is 1. The maximum absolute atomic E-state index is 11.5. The van der Waals surface area contributed by atoms with Gasteiger partial charge in [0.1, 0.15) is 11.4 Å². The first-order chi connectivity index (χ1) is 13.0. The van der Waals surface area contributed by atoms with Crippen LogP contribution in [0.1, 0.15) is 5.69 Å². The second-order valence-electron chi connectivity index (χ2n) is 5.54. The normalized spacial score (nSPS) is 10.3. The van der Waals surface area contributed by atoms with Gasteiger partial charge in [-0.25, -0.2) is 4.98 Å². The van der Waals surface area contributed by atoms with Crippen LogP contribution in [0, 0.1) is 17.0 Å². The molecule has 8 nitrogen and oxygen atoms in total. The van der Waals surface area contributed by atoms with E-state index >= 15 is 0 Å². The zero-order valence-corrected chi connectivity index (χ0v) is 16.1. The highest BCUT2D eigenvalue weighted by atomic mass is 79.9. The Hall–Kier alpha value is -3.20. The van der Waals surface area contributed by atoms with E-state index in [-0.39, 0.29) is 23.1 Å². The van der Waals surface area contributed by atoms with Gasteiger partial charge in [0.2, 0.25) is 11.8 Å². The van der Waals surface area contributed by atoms with Crippen molar-refractivity contribution >= 4 is 44.8 Å². The number of ether oxygens (including phenoxy) is 1. The summed E-state index contributed by atoms with van der Waals surface area (Å²) in [6, 6.07) is 14.5. The highest BCUT2D eigenvalue weighted by Gasteiger charge is 2.23. The van der Waals surface area contributed by atoms with Crippen molar-refractivity contribution in [2.75, 3.05) is 17.7 Å². The quantitative estimate of drug-likeness (QED) is 0.421. The summed E-state index contributed by atoms with van der Waals surface area (Å²) in [5.74, 6) is 0.875. The Morgan fingerprint density at radius 2 is 1.78 bits per heavy atom. The summed E-state index contributed by atoms with van der Waals surface area (Å²) in [6.07, 6.45) is 0. The number of para-hydroxylation sites is 2. The molecule has 1 heterocycles. The first-order valence-corrected chi connectivity index (χ1v) is 8.73. The van der Waals surface area contributed by atoms with Gasteiger partial charge in [-0.15, -0.1) is 0 Å². The molecule has 0 bridgehead atoms. The molecule has 0 aliphatic carbocycles. The molecule has 0 fully saturated rings. The minimum absolute atomic E-state index is 0.0802. The molecule has 1 aromatic heterocycles. The standard InChI is InChI=1S/C18H16BrN5O3/c1-11-16(24(25)26)17(22-14-5-3-4-6-15(14)27-2)23-18(20-11)21-13-9-7-12(19)8-10-13/h3-10H,1-2H3,(H2,20,21,22,23).